The van der Waals surface area contributed by atoms with E-state index in [2.05, 4.69) is 27.7 Å². The highest BCUT2D eigenvalue weighted by atomic mass is 16.5. The highest BCUT2D eigenvalue weighted by Crippen LogP contribution is 2.20. The molecule has 1 fully saturated rings. The quantitative estimate of drug-likeness (QED) is 0.793. The van der Waals surface area contributed by atoms with E-state index in [1.807, 2.05) is 0 Å². The van der Waals surface area contributed by atoms with Crippen LogP contribution in [0.25, 0.3) is 0 Å². The van der Waals surface area contributed by atoms with Crippen molar-refractivity contribution in [2.45, 2.75) is 32.2 Å². The van der Waals surface area contributed by atoms with Gasteiger partial charge in [-0.3, -0.25) is 0 Å². The van der Waals surface area contributed by atoms with Gasteiger partial charge in [0.05, 0.1) is 7.05 Å². The summed E-state index contributed by atoms with van der Waals surface area (Å²) in [6.07, 6.45) is 3.10. The van der Waals surface area contributed by atoms with Crippen molar-refractivity contribution >= 4 is 0 Å². The minimum absolute atomic E-state index is 0.438. The SMILES string of the molecule is CCNC(Cc1nnn(C)n1)C1CCOCC1. The molecule has 1 aromatic heterocycles. The second-order valence-corrected chi connectivity index (χ2v) is 4.51. The zero-order chi connectivity index (χ0) is 12.1. The average Bonchev–Trinajstić information content (AvgIpc) is 2.75. The van der Waals surface area contributed by atoms with E-state index in [0.717, 1.165) is 44.8 Å². The molecule has 0 aromatic carbocycles. The second-order valence-electron chi connectivity index (χ2n) is 4.51. The van der Waals surface area contributed by atoms with Gasteiger partial charge in [-0.25, -0.2) is 0 Å². The van der Waals surface area contributed by atoms with Gasteiger partial charge in [-0.2, -0.15) is 4.80 Å². The van der Waals surface area contributed by atoms with Crippen molar-refractivity contribution in [3.63, 3.8) is 0 Å². The first-order valence-electron chi connectivity index (χ1n) is 6.33. The molecule has 17 heavy (non-hydrogen) atoms. The molecule has 96 valence electrons. The van der Waals surface area contributed by atoms with Gasteiger partial charge >= 0.3 is 0 Å². The number of hydrogen-bond donors (Lipinski definition) is 1. The number of hydrogen-bond acceptors (Lipinski definition) is 5. The molecule has 1 unspecified atom stereocenters. The van der Waals surface area contributed by atoms with Crippen molar-refractivity contribution in [3.05, 3.63) is 5.82 Å². The van der Waals surface area contributed by atoms with Crippen LogP contribution in [0.4, 0.5) is 0 Å². The van der Waals surface area contributed by atoms with E-state index in [9.17, 15) is 0 Å². The van der Waals surface area contributed by atoms with E-state index < -0.39 is 0 Å². The molecule has 1 aliphatic rings. The first-order valence-corrected chi connectivity index (χ1v) is 6.33. The maximum atomic E-state index is 5.41. The summed E-state index contributed by atoms with van der Waals surface area (Å²) >= 11 is 0. The third-order valence-electron chi connectivity index (χ3n) is 3.25. The van der Waals surface area contributed by atoms with Crippen LogP contribution in [0, 0.1) is 5.92 Å². The van der Waals surface area contributed by atoms with Gasteiger partial charge in [0.25, 0.3) is 0 Å². The Hall–Kier alpha value is -1.01. The Balaban J connectivity index is 1.95. The average molecular weight is 239 g/mol. The number of aromatic nitrogens is 4. The van der Waals surface area contributed by atoms with Crippen molar-refractivity contribution in [2.75, 3.05) is 19.8 Å². The van der Waals surface area contributed by atoms with Crippen molar-refractivity contribution in [3.8, 4) is 0 Å². The topological polar surface area (TPSA) is 64.9 Å². The summed E-state index contributed by atoms with van der Waals surface area (Å²) in [6, 6.07) is 0.438. The molecular weight excluding hydrogens is 218 g/mol. The van der Waals surface area contributed by atoms with E-state index in [1.54, 1.807) is 7.05 Å². The molecule has 0 saturated carbocycles. The van der Waals surface area contributed by atoms with Crippen molar-refractivity contribution in [1.29, 1.82) is 0 Å². The van der Waals surface area contributed by atoms with Crippen molar-refractivity contribution < 1.29 is 4.74 Å². The number of ether oxygens (including phenoxy) is 1. The fraction of sp³-hybridized carbons (Fsp3) is 0.909. The van der Waals surface area contributed by atoms with E-state index in [4.69, 9.17) is 4.74 Å². The molecule has 1 aliphatic heterocycles. The van der Waals surface area contributed by atoms with Gasteiger partial charge in [-0.05, 0) is 30.5 Å². The minimum Gasteiger partial charge on any atom is -0.381 e. The number of nitrogens with one attached hydrogen (secondary N) is 1. The Labute approximate surface area is 102 Å². The fourth-order valence-electron chi connectivity index (χ4n) is 2.39. The van der Waals surface area contributed by atoms with Crippen LogP contribution in [0.2, 0.25) is 0 Å². The summed E-state index contributed by atoms with van der Waals surface area (Å²) < 4.78 is 5.41. The zero-order valence-electron chi connectivity index (χ0n) is 10.6. The highest BCUT2D eigenvalue weighted by Gasteiger charge is 2.24. The molecule has 0 spiro atoms. The van der Waals surface area contributed by atoms with Crippen LogP contribution in [-0.4, -0.2) is 46.0 Å². The Morgan fingerprint density at radius 3 is 2.82 bits per heavy atom. The first-order chi connectivity index (χ1) is 8.29. The molecule has 1 saturated heterocycles. The van der Waals surface area contributed by atoms with Crippen LogP contribution in [0.5, 0.6) is 0 Å². The molecule has 2 rings (SSSR count). The van der Waals surface area contributed by atoms with E-state index in [1.165, 1.54) is 4.80 Å². The van der Waals surface area contributed by atoms with Gasteiger partial charge in [0.1, 0.15) is 0 Å². The lowest BCUT2D eigenvalue weighted by atomic mass is 9.89. The van der Waals surface area contributed by atoms with Crippen molar-refractivity contribution in [2.24, 2.45) is 13.0 Å². The Morgan fingerprint density at radius 1 is 1.47 bits per heavy atom. The van der Waals surface area contributed by atoms with E-state index in [0.29, 0.717) is 12.0 Å². The fourth-order valence-corrected chi connectivity index (χ4v) is 2.39. The van der Waals surface area contributed by atoms with Gasteiger partial charge < -0.3 is 10.1 Å². The smallest absolute Gasteiger partial charge is 0.176 e. The van der Waals surface area contributed by atoms with Gasteiger partial charge in [0.15, 0.2) is 5.82 Å². The Bertz CT molecular complexity index is 334. The summed E-state index contributed by atoms with van der Waals surface area (Å²) in [5.74, 6) is 1.48. The second kappa shape index (κ2) is 6.07. The molecule has 0 aliphatic carbocycles. The minimum atomic E-state index is 0.438. The molecule has 6 heteroatoms. The first kappa shape index (κ1) is 12.4. The maximum Gasteiger partial charge on any atom is 0.176 e. The number of nitrogens with zero attached hydrogens (tertiary/aromatic N) is 4. The Kier molecular flexibility index (Phi) is 4.44. The molecule has 6 nitrogen and oxygen atoms in total. The predicted octanol–water partition coefficient (Wildman–Crippen LogP) is 0.157. The highest BCUT2D eigenvalue weighted by molar-refractivity contribution is 4.89. The molecule has 1 atom stereocenters. The standard InChI is InChI=1S/C11H21N5O/c1-3-12-10(9-4-6-17-7-5-9)8-11-13-15-16(2)14-11/h9-10,12H,3-8H2,1-2H3. The number of likely N-dealkylation sites (N-methyl/N-ethyl adjacent to an activating group) is 1. The lowest BCUT2D eigenvalue weighted by Crippen LogP contribution is -2.40. The largest absolute Gasteiger partial charge is 0.381 e. The normalized spacial score (nSPS) is 19.4. The molecule has 0 amide bonds. The van der Waals surface area contributed by atoms with Gasteiger partial charge in [-0.1, -0.05) is 6.92 Å². The summed E-state index contributed by atoms with van der Waals surface area (Å²) in [5, 5.41) is 15.7. The molecule has 1 N–H and O–H groups in total. The lowest BCUT2D eigenvalue weighted by molar-refractivity contribution is 0.0537. The molecule has 2 heterocycles. The van der Waals surface area contributed by atoms with E-state index >= 15 is 0 Å². The van der Waals surface area contributed by atoms with Crippen LogP contribution < -0.4 is 5.32 Å². The molecule has 0 radical (unpaired) electrons. The molecule has 0 bridgehead atoms. The third kappa shape index (κ3) is 3.47. The molecule has 1 aromatic rings. The summed E-state index contributed by atoms with van der Waals surface area (Å²) in [4.78, 5) is 1.52. The maximum absolute atomic E-state index is 5.41. The number of tetrazole rings is 1. The molecular formula is C11H21N5O. The Morgan fingerprint density at radius 2 is 2.24 bits per heavy atom. The zero-order valence-corrected chi connectivity index (χ0v) is 10.6. The third-order valence-corrected chi connectivity index (χ3v) is 3.25. The summed E-state index contributed by atoms with van der Waals surface area (Å²) in [7, 11) is 1.80. The number of aryl methyl sites for hydroxylation is 1. The van der Waals surface area contributed by atoms with Gasteiger partial charge in [0, 0.05) is 25.7 Å². The van der Waals surface area contributed by atoms with E-state index in [-0.39, 0.29) is 0 Å². The van der Waals surface area contributed by atoms with Crippen LogP contribution in [0.1, 0.15) is 25.6 Å². The van der Waals surface area contributed by atoms with Crippen LogP contribution >= 0.6 is 0 Å². The lowest BCUT2D eigenvalue weighted by Gasteiger charge is -2.30. The van der Waals surface area contributed by atoms with Gasteiger partial charge in [-0.15, -0.1) is 10.2 Å². The summed E-state index contributed by atoms with van der Waals surface area (Å²) in [6.45, 7) is 4.86. The van der Waals surface area contributed by atoms with Crippen molar-refractivity contribution in [1.82, 2.24) is 25.5 Å². The monoisotopic (exact) mass is 239 g/mol. The van der Waals surface area contributed by atoms with Crippen LogP contribution in [0.15, 0.2) is 0 Å². The van der Waals surface area contributed by atoms with Gasteiger partial charge in [0.2, 0.25) is 0 Å². The predicted molar refractivity (Wildman–Crippen MR) is 63.5 cm³/mol. The number of rotatable bonds is 5. The van der Waals surface area contributed by atoms with Crippen LogP contribution in [-0.2, 0) is 18.2 Å². The summed E-state index contributed by atoms with van der Waals surface area (Å²) in [5.41, 5.74) is 0. The van der Waals surface area contributed by atoms with Crippen LogP contribution in [0.3, 0.4) is 0 Å².